The summed E-state index contributed by atoms with van der Waals surface area (Å²) >= 11 is 0. The van der Waals surface area contributed by atoms with E-state index in [0.29, 0.717) is 35.3 Å². The smallest absolute Gasteiger partial charge is 0.169 e. The van der Waals surface area contributed by atoms with Gasteiger partial charge in [-0.2, -0.15) is 0 Å². The normalized spacial score (nSPS) is 27.5. The van der Waals surface area contributed by atoms with E-state index in [4.69, 9.17) is 0 Å². The fourth-order valence-electron chi connectivity index (χ4n) is 5.76. The quantitative estimate of drug-likeness (QED) is 0.455. The highest BCUT2D eigenvalue weighted by molar-refractivity contribution is 5.85. The van der Waals surface area contributed by atoms with E-state index in [9.17, 15) is 8.78 Å². The molecule has 0 nitrogen and oxygen atoms in total. The Balaban J connectivity index is 1.64. The molecule has 0 spiro atoms. The largest absolute Gasteiger partial charge is 0.206 e. The number of fused-ring (bicyclic) bond motifs is 2. The molecule has 3 heteroatoms. The van der Waals surface area contributed by atoms with E-state index in [1.165, 1.54) is 19.3 Å². The molecule has 2 aliphatic rings. The Bertz CT molecular complexity index is 914. The molecule has 156 valence electrons. The maximum atomic E-state index is 15.4. The van der Waals surface area contributed by atoms with E-state index in [-0.39, 0.29) is 11.3 Å². The predicted octanol–water partition coefficient (Wildman–Crippen LogP) is 8.09. The number of aryl methyl sites for hydroxylation is 1. The zero-order chi connectivity index (χ0) is 20.5. The third-order valence-electron chi connectivity index (χ3n) is 7.36. The van der Waals surface area contributed by atoms with Gasteiger partial charge < -0.3 is 0 Å². The van der Waals surface area contributed by atoms with Gasteiger partial charge in [-0.15, -0.1) is 0 Å². The van der Waals surface area contributed by atoms with Crippen LogP contribution >= 0.6 is 0 Å². The van der Waals surface area contributed by atoms with Crippen LogP contribution in [0.1, 0.15) is 75.8 Å². The highest BCUT2D eigenvalue weighted by Crippen LogP contribution is 2.48. The summed E-state index contributed by atoms with van der Waals surface area (Å²) in [6.45, 7) is 4.23. The van der Waals surface area contributed by atoms with Crippen molar-refractivity contribution in [1.82, 2.24) is 0 Å². The first-order valence-electron chi connectivity index (χ1n) is 11.2. The molecule has 0 amide bonds. The minimum Gasteiger partial charge on any atom is -0.206 e. The standard InChI is InChI=1S/C26H31F3/c1-3-4-5-6-21-15-20-11-12-22(25(28)23(20)26(29)24(21)27)19-10-9-17-13-16(2)7-8-18(17)14-19/h3-4,11-12,15-19H,5-10,13-14H2,1-2H3. The molecule has 0 radical (unpaired) electrons. The molecule has 0 aromatic heterocycles. The van der Waals surface area contributed by atoms with Crippen LogP contribution in [0, 0.1) is 35.2 Å². The molecule has 0 aliphatic heterocycles. The Morgan fingerprint density at radius 3 is 2.48 bits per heavy atom. The molecule has 4 atom stereocenters. The first kappa shape index (κ1) is 20.5. The summed E-state index contributed by atoms with van der Waals surface area (Å²) in [6, 6.07) is 5.22. The van der Waals surface area contributed by atoms with Gasteiger partial charge in [0.2, 0.25) is 0 Å². The fraction of sp³-hybridized carbons (Fsp3) is 0.538. The van der Waals surface area contributed by atoms with Gasteiger partial charge in [-0.3, -0.25) is 0 Å². The minimum absolute atomic E-state index is 0.117. The van der Waals surface area contributed by atoms with Crippen LogP contribution < -0.4 is 0 Å². The monoisotopic (exact) mass is 400 g/mol. The van der Waals surface area contributed by atoms with Gasteiger partial charge in [0, 0.05) is 0 Å². The van der Waals surface area contributed by atoms with Gasteiger partial charge in [-0.25, -0.2) is 13.2 Å². The average molecular weight is 401 g/mol. The number of benzene rings is 2. The molecule has 2 aliphatic carbocycles. The van der Waals surface area contributed by atoms with Gasteiger partial charge in [0.1, 0.15) is 5.82 Å². The van der Waals surface area contributed by atoms with Crippen molar-refractivity contribution in [3.05, 3.63) is 58.9 Å². The second-order valence-electron chi connectivity index (χ2n) is 9.29. The van der Waals surface area contributed by atoms with Crippen molar-refractivity contribution in [3.8, 4) is 0 Å². The van der Waals surface area contributed by atoms with Crippen LogP contribution in [0.3, 0.4) is 0 Å². The topological polar surface area (TPSA) is 0 Å². The Kier molecular flexibility index (Phi) is 6.03. The lowest BCUT2D eigenvalue weighted by molar-refractivity contribution is 0.124. The summed E-state index contributed by atoms with van der Waals surface area (Å²) in [7, 11) is 0. The third kappa shape index (κ3) is 3.98. The van der Waals surface area contributed by atoms with E-state index < -0.39 is 17.5 Å². The second-order valence-corrected chi connectivity index (χ2v) is 9.29. The molecule has 0 bridgehead atoms. The van der Waals surface area contributed by atoms with E-state index in [1.54, 1.807) is 12.1 Å². The van der Waals surface area contributed by atoms with Gasteiger partial charge in [-0.1, -0.05) is 37.6 Å². The lowest BCUT2D eigenvalue weighted by Crippen LogP contribution is -2.30. The Hall–Kier alpha value is -1.77. The van der Waals surface area contributed by atoms with Crippen LogP contribution in [0.25, 0.3) is 10.8 Å². The lowest BCUT2D eigenvalue weighted by Gasteiger charge is -2.41. The number of allylic oxidation sites excluding steroid dienone is 2. The summed E-state index contributed by atoms with van der Waals surface area (Å²) in [5.41, 5.74) is 0.895. The SMILES string of the molecule is CC=CCCc1cc2ccc(C3CCC4CC(C)CCC4C3)c(F)c2c(F)c1F. The Morgan fingerprint density at radius 1 is 0.931 bits per heavy atom. The second kappa shape index (κ2) is 8.53. The molecule has 0 heterocycles. The zero-order valence-electron chi connectivity index (χ0n) is 17.5. The first-order chi connectivity index (χ1) is 14.0. The van der Waals surface area contributed by atoms with Crippen molar-refractivity contribution in [1.29, 1.82) is 0 Å². The van der Waals surface area contributed by atoms with Crippen LogP contribution in [0.5, 0.6) is 0 Å². The summed E-state index contributed by atoms with van der Waals surface area (Å²) in [4.78, 5) is 0. The van der Waals surface area contributed by atoms with Crippen LogP contribution in [-0.2, 0) is 6.42 Å². The Morgan fingerprint density at radius 2 is 1.69 bits per heavy atom. The van der Waals surface area contributed by atoms with Crippen molar-refractivity contribution in [2.45, 2.75) is 71.1 Å². The van der Waals surface area contributed by atoms with Crippen LogP contribution in [0.4, 0.5) is 13.2 Å². The third-order valence-corrected chi connectivity index (χ3v) is 7.36. The lowest BCUT2D eigenvalue weighted by atomic mass is 9.64. The van der Waals surface area contributed by atoms with Crippen molar-refractivity contribution in [2.75, 3.05) is 0 Å². The number of hydrogen-bond acceptors (Lipinski definition) is 0. The summed E-state index contributed by atoms with van der Waals surface area (Å²) in [6.07, 6.45) is 11.7. The Labute approximate surface area is 172 Å². The van der Waals surface area contributed by atoms with Gasteiger partial charge >= 0.3 is 0 Å². The predicted molar refractivity (Wildman–Crippen MR) is 114 cm³/mol. The van der Waals surface area contributed by atoms with E-state index in [1.807, 2.05) is 25.1 Å². The summed E-state index contributed by atoms with van der Waals surface area (Å²) < 4.78 is 44.9. The fourth-order valence-corrected chi connectivity index (χ4v) is 5.76. The van der Waals surface area contributed by atoms with Crippen molar-refractivity contribution in [3.63, 3.8) is 0 Å². The number of hydrogen-bond donors (Lipinski definition) is 0. The molecule has 2 saturated carbocycles. The summed E-state index contributed by atoms with van der Waals surface area (Å²) in [5, 5.41) is 0.287. The molecule has 2 aromatic carbocycles. The van der Waals surface area contributed by atoms with Crippen LogP contribution in [0.2, 0.25) is 0 Å². The molecule has 4 rings (SSSR count). The molecule has 4 unspecified atom stereocenters. The van der Waals surface area contributed by atoms with Gasteiger partial charge in [0.15, 0.2) is 11.6 Å². The van der Waals surface area contributed by atoms with E-state index >= 15 is 4.39 Å². The van der Waals surface area contributed by atoms with Crippen LogP contribution in [0.15, 0.2) is 30.4 Å². The van der Waals surface area contributed by atoms with Crippen LogP contribution in [-0.4, -0.2) is 0 Å². The highest BCUT2D eigenvalue weighted by atomic mass is 19.2. The minimum atomic E-state index is -1.03. The maximum Gasteiger partial charge on any atom is 0.169 e. The molecule has 2 fully saturated rings. The zero-order valence-corrected chi connectivity index (χ0v) is 17.5. The molecular weight excluding hydrogens is 369 g/mol. The average Bonchev–Trinajstić information content (AvgIpc) is 2.71. The molecule has 29 heavy (non-hydrogen) atoms. The van der Waals surface area contributed by atoms with Gasteiger partial charge in [0.25, 0.3) is 0 Å². The summed E-state index contributed by atoms with van der Waals surface area (Å²) in [5.74, 6) is -0.162. The highest BCUT2D eigenvalue weighted by Gasteiger charge is 2.36. The molecule has 2 aromatic rings. The van der Waals surface area contributed by atoms with E-state index in [2.05, 4.69) is 6.92 Å². The number of rotatable bonds is 4. The van der Waals surface area contributed by atoms with Crippen molar-refractivity contribution < 1.29 is 13.2 Å². The first-order valence-corrected chi connectivity index (χ1v) is 11.2. The molecular formula is C26H31F3. The van der Waals surface area contributed by atoms with E-state index in [0.717, 1.165) is 31.1 Å². The van der Waals surface area contributed by atoms with Crippen molar-refractivity contribution in [2.24, 2.45) is 17.8 Å². The van der Waals surface area contributed by atoms with Crippen molar-refractivity contribution >= 4 is 10.8 Å². The van der Waals surface area contributed by atoms with Gasteiger partial charge in [-0.05, 0) is 98.1 Å². The van der Waals surface area contributed by atoms with Gasteiger partial charge in [0.05, 0.1) is 5.39 Å². The molecule has 0 saturated heterocycles. The maximum absolute atomic E-state index is 15.4. The number of halogens is 3. The molecule has 0 N–H and O–H groups in total.